The van der Waals surface area contributed by atoms with Gasteiger partial charge in [0.15, 0.2) is 17.7 Å². The van der Waals surface area contributed by atoms with Gasteiger partial charge in [0.2, 0.25) is 5.96 Å². The molecule has 0 aliphatic heterocycles. The molecule has 0 saturated carbocycles. The van der Waals surface area contributed by atoms with Gasteiger partial charge in [0.1, 0.15) is 0 Å². The Labute approximate surface area is 179 Å². The Morgan fingerprint density at radius 1 is 1.10 bits per heavy atom. The van der Waals surface area contributed by atoms with Crippen molar-refractivity contribution < 1.29 is 9.47 Å². The largest absolute Gasteiger partial charge is 0.493 e. The van der Waals surface area contributed by atoms with Crippen molar-refractivity contribution in [3.05, 3.63) is 59.7 Å². The molecular formula is C24H32N4O2. The van der Waals surface area contributed by atoms with Crippen LogP contribution < -0.4 is 20.1 Å². The molecule has 2 rings (SSSR count). The van der Waals surface area contributed by atoms with Crippen molar-refractivity contribution in [2.24, 2.45) is 4.99 Å². The van der Waals surface area contributed by atoms with E-state index in [9.17, 15) is 5.26 Å². The van der Waals surface area contributed by atoms with Gasteiger partial charge in [-0.1, -0.05) is 69.2 Å². The molecule has 30 heavy (non-hydrogen) atoms. The number of rotatable bonds is 10. The molecule has 160 valence electrons. The van der Waals surface area contributed by atoms with E-state index in [1.165, 1.54) is 5.56 Å². The molecule has 0 heterocycles. The van der Waals surface area contributed by atoms with Crippen molar-refractivity contribution in [3.8, 4) is 17.7 Å². The summed E-state index contributed by atoms with van der Waals surface area (Å²) in [5, 5.41) is 15.2. The predicted octanol–water partition coefficient (Wildman–Crippen LogP) is 4.37. The van der Waals surface area contributed by atoms with Crippen LogP contribution in [0.3, 0.4) is 0 Å². The van der Waals surface area contributed by atoms with Gasteiger partial charge in [-0.2, -0.15) is 5.26 Å². The van der Waals surface area contributed by atoms with E-state index in [-0.39, 0.29) is 5.41 Å². The molecule has 2 N–H and O–H groups in total. The van der Waals surface area contributed by atoms with E-state index in [4.69, 9.17) is 9.47 Å². The van der Waals surface area contributed by atoms with Crippen LogP contribution in [0.25, 0.3) is 0 Å². The summed E-state index contributed by atoms with van der Waals surface area (Å²) < 4.78 is 10.8. The first-order valence-corrected chi connectivity index (χ1v) is 10.3. The third-order valence-corrected chi connectivity index (χ3v) is 5.27. The number of hydrogen-bond acceptors (Lipinski definition) is 4. The highest BCUT2D eigenvalue weighted by molar-refractivity contribution is 5.81. The Balaban J connectivity index is 2.19. The smallest absolute Gasteiger partial charge is 0.205 e. The van der Waals surface area contributed by atoms with E-state index in [1.54, 1.807) is 14.2 Å². The quantitative estimate of drug-likeness (QED) is 0.264. The molecule has 1 unspecified atom stereocenters. The lowest BCUT2D eigenvalue weighted by molar-refractivity contribution is 0.352. The van der Waals surface area contributed by atoms with Crippen LogP contribution >= 0.6 is 0 Å². The van der Waals surface area contributed by atoms with Crippen molar-refractivity contribution in [1.29, 1.82) is 5.26 Å². The van der Waals surface area contributed by atoms with Gasteiger partial charge < -0.3 is 14.8 Å². The van der Waals surface area contributed by atoms with Gasteiger partial charge in [0, 0.05) is 17.5 Å². The number of nitrogens with zero attached hydrogens (tertiary/aromatic N) is 2. The standard InChI is InChI=1S/C24H32N4O2/c1-5-6-15-24(2,20-12-8-7-9-13-20)17-27-23(28-18-25)26-16-19-11-10-14-21(29-3)22(19)30-4/h7-14H,5-6,15-17H2,1-4H3,(H2,26,27,28). The minimum atomic E-state index is -0.0666. The van der Waals surface area contributed by atoms with E-state index in [0.717, 1.165) is 24.8 Å². The lowest BCUT2D eigenvalue weighted by atomic mass is 9.78. The van der Waals surface area contributed by atoms with Gasteiger partial charge in [-0.15, -0.1) is 0 Å². The minimum absolute atomic E-state index is 0.0666. The van der Waals surface area contributed by atoms with E-state index >= 15 is 0 Å². The fourth-order valence-electron chi connectivity index (χ4n) is 3.46. The maximum Gasteiger partial charge on any atom is 0.205 e. The second-order valence-electron chi connectivity index (χ2n) is 7.44. The third-order valence-electron chi connectivity index (χ3n) is 5.27. The SMILES string of the molecule is CCCCC(C)(CNC(=NCc1cccc(OC)c1OC)NC#N)c1ccccc1. The summed E-state index contributed by atoms with van der Waals surface area (Å²) in [6, 6.07) is 16.2. The highest BCUT2D eigenvalue weighted by Gasteiger charge is 2.26. The molecule has 0 fully saturated rings. The van der Waals surface area contributed by atoms with E-state index in [1.807, 2.05) is 30.5 Å². The molecule has 0 spiro atoms. The molecule has 6 heteroatoms. The van der Waals surface area contributed by atoms with Crippen LogP contribution in [0.2, 0.25) is 0 Å². The number of methoxy groups -OCH3 is 2. The summed E-state index contributed by atoms with van der Waals surface area (Å²) >= 11 is 0. The lowest BCUT2D eigenvalue weighted by Crippen LogP contribution is -2.43. The predicted molar refractivity (Wildman–Crippen MR) is 121 cm³/mol. The first-order valence-electron chi connectivity index (χ1n) is 10.3. The van der Waals surface area contributed by atoms with Crippen LogP contribution in [0.5, 0.6) is 11.5 Å². The molecule has 0 saturated heterocycles. The van der Waals surface area contributed by atoms with Crippen LogP contribution in [-0.2, 0) is 12.0 Å². The Hall–Kier alpha value is -3.20. The molecule has 0 aliphatic carbocycles. The number of para-hydroxylation sites is 1. The van der Waals surface area contributed by atoms with Gasteiger partial charge >= 0.3 is 0 Å². The van der Waals surface area contributed by atoms with Crippen LogP contribution in [0.15, 0.2) is 53.5 Å². The van der Waals surface area contributed by atoms with Crippen LogP contribution in [0.4, 0.5) is 0 Å². The molecule has 0 amide bonds. The second kappa shape index (κ2) is 11.7. The Morgan fingerprint density at radius 3 is 2.50 bits per heavy atom. The number of nitrogens with one attached hydrogen (secondary N) is 2. The van der Waals surface area contributed by atoms with Gasteiger partial charge in [-0.3, -0.25) is 5.32 Å². The average Bonchev–Trinajstić information content (AvgIpc) is 2.79. The molecule has 0 bridgehead atoms. The molecule has 0 aromatic heterocycles. The monoisotopic (exact) mass is 408 g/mol. The number of ether oxygens (including phenoxy) is 2. The highest BCUT2D eigenvalue weighted by atomic mass is 16.5. The second-order valence-corrected chi connectivity index (χ2v) is 7.44. The number of aliphatic imine (C=N–C) groups is 1. The fraction of sp³-hybridized carbons (Fsp3) is 0.417. The highest BCUT2D eigenvalue weighted by Crippen LogP contribution is 2.31. The Morgan fingerprint density at radius 2 is 1.87 bits per heavy atom. The Kier molecular flexibility index (Phi) is 9.02. The molecule has 6 nitrogen and oxygen atoms in total. The normalized spacial score (nSPS) is 13.1. The summed E-state index contributed by atoms with van der Waals surface area (Å²) in [4.78, 5) is 4.58. The number of nitriles is 1. The zero-order chi connectivity index (χ0) is 21.8. The van der Waals surface area contributed by atoms with Crippen LogP contribution in [-0.4, -0.2) is 26.7 Å². The van der Waals surface area contributed by atoms with Gasteiger partial charge in [-0.25, -0.2) is 4.99 Å². The summed E-state index contributed by atoms with van der Waals surface area (Å²) in [6.45, 7) is 5.47. The first kappa shape index (κ1) is 23.1. The lowest BCUT2D eigenvalue weighted by Gasteiger charge is -2.31. The average molecular weight is 409 g/mol. The Bertz CT molecular complexity index is 861. The molecular weight excluding hydrogens is 376 g/mol. The maximum absolute atomic E-state index is 9.18. The topological polar surface area (TPSA) is 78.7 Å². The van der Waals surface area contributed by atoms with Crippen molar-refractivity contribution in [2.45, 2.75) is 45.1 Å². The third kappa shape index (κ3) is 6.15. The first-order chi connectivity index (χ1) is 14.6. The number of guanidine groups is 1. The summed E-state index contributed by atoms with van der Waals surface area (Å²) in [7, 11) is 3.21. The molecule has 1 atom stereocenters. The van der Waals surface area contributed by atoms with Crippen molar-refractivity contribution in [3.63, 3.8) is 0 Å². The number of benzene rings is 2. The zero-order valence-electron chi connectivity index (χ0n) is 18.4. The number of unbranched alkanes of at least 4 members (excludes halogenated alkanes) is 1. The molecule has 0 radical (unpaired) electrons. The molecule has 0 aliphatic rings. The van der Waals surface area contributed by atoms with Gasteiger partial charge in [0.25, 0.3) is 0 Å². The van der Waals surface area contributed by atoms with Gasteiger partial charge in [0.05, 0.1) is 20.8 Å². The minimum Gasteiger partial charge on any atom is -0.493 e. The maximum atomic E-state index is 9.18. The summed E-state index contributed by atoms with van der Waals surface area (Å²) in [6.07, 6.45) is 5.29. The van der Waals surface area contributed by atoms with E-state index < -0.39 is 0 Å². The molecule has 2 aromatic carbocycles. The molecule has 2 aromatic rings. The van der Waals surface area contributed by atoms with Crippen LogP contribution in [0.1, 0.15) is 44.2 Å². The summed E-state index contributed by atoms with van der Waals surface area (Å²) in [5.74, 6) is 1.75. The summed E-state index contributed by atoms with van der Waals surface area (Å²) in [5.41, 5.74) is 2.09. The number of hydrogen-bond donors (Lipinski definition) is 2. The van der Waals surface area contributed by atoms with Gasteiger partial charge in [-0.05, 0) is 18.1 Å². The van der Waals surface area contributed by atoms with Crippen molar-refractivity contribution in [2.75, 3.05) is 20.8 Å². The van der Waals surface area contributed by atoms with E-state index in [0.29, 0.717) is 30.5 Å². The van der Waals surface area contributed by atoms with Crippen molar-refractivity contribution in [1.82, 2.24) is 10.6 Å². The zero-order valence-corrected chi connectivity index (χ0v) is 18.4. The van der Waals surface area contributed by atoms with Crippen LogP contribution in [0, 0.1) is 11.5 Å². The van der Waals surface area contributed by atoms with E-state index in [2.05, 4.69) is 53.7 Å². The van der Waals surface area contributed by atoms with Crippen molar-refractivity contribution >= 4 is 5.96 Å². The fourth-order valence-corrected chi connectivity index (χ4v) is 3.46.